The molecule has 3 heterocycles. The van der Waals surface area contributed by atoms with Crippen molar-refractivity contribution in [2.24, 2.45) is 0 Å². The lowest BCUT2D eigenvalue weighted by molar-refractivity contribution is -0.115. The van der Waals surface area contributed by atoms with Gasteiger partial charge in [0.2, 0.25) is 5.91 Å². The number of hydrogen-bond acceptors (Lipinski definition) is 5. The smallest absolute Gasteiger partial charge is 0.243 e. The minimum atomic E-state index is -0.631. The quantitative estimate of drug-likeness (QED) is 0.730. The van der Waals surface area contributed by atoms with E-state index in [2.05, 4.69) is 10.3 Å². The zero-order valence-corrected chi connectivity index (χ0v) is 12.6. The molecule has 0 saturated carbocycles. The second kappa shape index (κ2) is 5.75. The monoisotopic (exact) mass is 322 g/mol. The highest BCUT2D eigenvalue weighted by molar-refractivity contribution is 7.19. The number of halogens is 1. The molecule has 108 valence electrons. The highest BCUT2D eigenvalue weighted by Gasteiger charge is 2.20. The molecule has 1 atom stereocenters. The largest absolute Gasteiger partial charge is 0.463 e. The maximum Gasteiger partial charge on any atom is 0.243 e. The van der Waals surface area contributed by atoms with E-state index in [0.29, 0.717) is 22.3 Å². The van der Waals surface area contributed by atoms with Crippen LogP contribution >= 0.6 is 22.9 Å². The summed E-state index contributed by atoms with van der Waals surface area (Å²) in [6, 6.07) is 7.20. The molecule has 3 aromatic rings. The van der Waals surface area contributed by atoms with Gasteiger partial charge < -0.3 is 14.2 Å². The molecular weight excluding hydrogens is 312 g/mol. The van der Waals surface area contributed by atoms with Gasteiger partial charge in [-0.15, -0.1) is 11.6 Å². The molecule has 5 nitrogen and oxygen atoms in total. The molecule has 21 heavy (non-hydrogen) atoms. The summed E-state index contributed by atoms with van der Waals surface area (Å²) >= 11 is 7.06. The number of anilines is 1. The number of alkyl halides is 1. The first-order chi connectivity index (χ1) is 10.1. The molecule has 0 bridgehead atoms. The van der Waals surface area contributed by atoms with Gasteiger partial charge in [-0.3, -0.25) is 4.79 Å². The number of rotatable bonds is 4. The summed E-state index contributed by atoms with van der Waals surface area (Å²) in [6.45, 7) is 1.60. The molecule has 1 N–H and O–H groups in total. The van der Waals surface area contributed by atoms with Crippen LogP contribution in [-0.4, -0.2) is 16.3 Å². The predicted molar refractivity (Wildman–Crippen MR) is 81.5 cm³/mol. The third-order valence-corrected chi connectivity index (χ3v) is 3.90. The molecule has 0 spiro atoms. The van der Waals surface area contributed by atoms with E-state index in [1.807, 2.05) is 6.07 Å². The highest BCUT2D eigenvalue weighted by atomic mass is 35.5. The van der Waals surface area contributed by atoms with E-state index in [1.54, 1.807) is 37.6 Å². The molecule has 0 aromatic carbocycles. The van der Waals surface area contributed by atoms with Crippen LogP contribution in [0.3, 0.4) is 0 Å². The average Bonchev–Trinajstić information content (AvgIpc) is 3.19. The number of carbonyl (C=O) groups excluding carboxylic acids is 1. The van der Waals surface area contributed by atoms with Gasteiger partial charge in [-0.2, -0.15) is 0 Å². The first-order valence-electron chi connectivity index (χ1n) is 6.18. The molecule has 0 saturated heterocycles. The normalized spacial score (nSPS) is 12.3. The van der Waals surface area contributed by atoms with Crippen LogP contribution in [-0.2, 0) is 4.79 Å². The highest BCUT2D eigenvalue weighted by Crippen LogP contribution is 2.39. The van der Waals surface area contributed by atoms with E-state index in [4.69, 9.17) is 20.4 Å². The van der Waals surface area contributed by atoms with Crippen LogP contribution in [0.2, 0.25) is 0 Å². The summed E-state index contributed by atoms with van der Waals surface area (Å²) in [4.78, 5) is 16.9. The van der Waals surface area contributed by atoms with Crippen LogP contribution in [0.25, 0.3) is 22.1 Å². The summed E-state index contributed by atoms with van der Waals surface area (Å²) in [7, 11) is 0. The van der Waals surface area contributed by atoms with Crippen LogP contribution < -0.4 is 5.32 Å². The van der Waals surface area contributed by atoms with E-state index in [0.717, 1.165) is 4.88 Å². The van der Waals surface area contributed by atoms with Gasteiger partial charge in [-0.05, 0) is 31.2 Å². The van der Waals surface area contributed by atoms with Crippen molar-refractivity contribution in [1.82, 2.24) is 4.98 Å². The van der Waals surface area contributed by atoms with Crippen LogP contribution in [0.5, 0.6) is 0 Å². The number of nitrogens with zero attached hydrogens (tertiary/aromatic N) is 1. The summed E-state index contributed by atoms with van der Waals surface area (Å²) < 4.78 is 10.8. The third-order valence-electron chi connectivity index (χ3n) is 2.72. The van der Waals surface area contributed by atoms with Gasteiger partial charge in [0.25, 0.3) is 0 Å². The Morgan fingerprint density at radius 2 is 1.95 bits per heavy atom. The number of furan rings is 2. The van der Waals surface area contributed by atoms with Crippen molar-refractivity contribution in [2.45, 2.75) is 12.3 Å². The molecule has 0 aliphatic rings. The minimum absolute atomic E-state index is 0.303. The molecule has 0 fully saturated rings. The molecule has 0 radical (unpaired) electrons. The van der Waals surface area contributed by atoms with E-state index >= 15 is 0 Å². The molecule has 0 aliphatic carbocycles. The zero-order chi connectivity index (χ0) is 14.8. The molecule has 3 rings (SSSR count). The standard InChI is InChI=1S/C14H11ClN2O3S/c1-8(15)13(18)17-14-16-11(9-4-2-6-19-9)12(21-14)10-5-3-7-20-10/h2-8H,1H3,(H,16,17,18). The Morgan fingerprint density at radius 1 is 1.29 bits per heavy atom. The van der Waals surface area contributed by atoms with Crippen molar-refractivity contribution < 1.29 is 13.6 Å². The van der Waals surface area contributed by atoms with E-state index in [9.17, 15) is 4.79 Å². The van der Waals surface area contributed by atoms with Gasteiger partial charge >= 0.3 is 0 Å². The van der Waals surface area contributed by atoms with E-state index in [-0.39, 0.29) is 5.91 Å². The second-order valence-electron chi connectivity index (χ2n) is 4.26. The van der Waals surface area contributed by atoms with Gasteiger partial charge in [0.15, 0.2) is 10.9 Å². The number of amides is 1. The summed E-state index contributed by atoms with van der Waals surface area (Å²) in [5.41, 5.74) is 0.623. The second-order valence-corrected chi connectivity index (χ2v) is 5.91. The summed E-state index contributed by atoms with van der Waals surface area (Å²) in [5.74, 6) is 0.970. The van der Waals surface area contributed by atoms with Crippen molar-refractivity contribution in [3.8, 4) is 22.1 Å². The number of aromatic nitrogens is 1. The molecule has 3 aromatic heterocycles. The Balaban J connectivity index is 2.02. The Kier molecular flexibility index (Phi) is 3.81. The lowest BCUT2D eigenvalue weighted by atomic mass is 10.2. The van der Waals surface area contributed by atoms with Crippen molar-refractivity contribution in [1.29, 1.82) is 0 Å². The fourth-order valence-corrected chi connectivity index (χ4v) is 2.73. The molecular formula is C14H11ClN2O3S. The summed E-state index contributed by atoms with van der Waals surface area (Å²) in [6.07, 6.45) is 3.15. The first-order valence-corrected chi connectivity index (χ1v) is 7.44. The molecule has 1 amide bonds. The van der Waals surface area contributed by atoms with Crippen molar-refractivity contribution in [2.75, 3.05) is 5.32 Å². The molecule has 1 unspecified atom stereocenters. The van der Waals surface area contributed by atoms with E-state index in [1.165, 1.54) is 11.3 Å². The fraction of sp³-hybridized carbons (Fsp3) is 0.143. The first kappa shape index (κ1) is 13.9. The lowest BCUT2D eigenvalue weighted by Crippen LogP contribution is -2.20. The van der Waals surface area contributed by atoms with Crippen molar-refractivity contribution in [3.63, 3.8) is 0 Å². The van der Waals surface area contributed by atoms with Gasteiger partial charge in [-0.25, -0.2) is 4.98 Å². The maximum atomic E-state index is 11.7. The average molecular weight is 323 g/mol. The third kappa shape index (κ3) is 2.86. The van der Waals surface area contributed by atoms with Crippen molar-refractivity contribution >= 4 is 34.0 Å². The van der Waals surface area contributed by atoms with Crippen LogP contribution in [0.1, 0.15) is 6.92 Å². The number of carbonyl (C=O) groups is 1. The van der Waals surface area contributed by atoms with E-state index < -0.39 is 5.38 Å². The minimum Gasteiger partial charge on any atom is -0.463 e. The fourth-order valence-electron chi connectivity index (χ4n) is 1.73. The van der Waals surface area contributed by atoms with Gasteiger partial charge in [0.1, 0.15) is 21.7 Å². The topological polar surface area (TPSA) is 68.3 Å². The molecule has 7 heteroatoms. The lowest BCUT2D eigenvalue weighted by Gasteiger charge is -2.01. The van der Waals surface area contributed by atoms with Crippen LogP contribution in [0, 0.1) is 0 Å². The summed E-state index contributed by atoms with van der Waals surface area (Å²) in [5, 5.41) is 2.50. The number of thiazole rings is 1. The van der Waals surface area contributed by atoms with Crippen molar-refractivity contribution in [3.05, 3.63) is 36.8 Å². The van der Waals surface area contributed by atoms with Crippen LogP contribution in [0.15, 0.2) is 45.6 Å². The Hall–Kier alpha value is -2.05. The Bertz CT molecular complexity index is 681. The van der Waals surface area contributed by atoms with Gasteiger partial charge in [0, 0.05) is 0 Å². The molecule has 0 aliphatic heterocycles. The Morgan fingerprint density at radius 3 is 2.52 bits per heavy atom. The van der Waals surface area contributed by atoms with Gasteiger partial charge in [0.05, 0.1) is 12.5 Å². The number of hydrogen-bond donors (Lipinski definition) is 1. The predicted octanol–water partition coefficient (Wildman–Crippen LogP) is 4.23. The SMILES string of the molecule is CC(Cl)C(=O)Nc1nc(-c2ccco2)c(-c2ccco2)s1. The zero-order valence-electron chi connectivity index (χ0n) is 11.0. The van der Waals surface area contributed by atoms with Gasteiger partial charge in [-0.1, -0.05) is 11.3 Å². The number of nitrogens with one attached hydrogen (secondary N) is 1. The van der Waals surface area contributed by atoms with Crippen LogP contribution in [0.4, 0.5) is 5.13 Å². The maximum absolute atomic E-state index is 11.7. The Labute approximate surface area is 129 Å².